The predicted molar refractivity (Wildman–Crippen MR) is 110 cm³/mol. The molecule has 0 saturated carbocycles. The van der Waals surface area contributed by atoms with Crippen LogP contribution in [0.2, 0.25) is 0 Å². The van der Waals surface area contributed by atoms with Crippen LogP contribution in [0.25, 0.3) is 16.9 Å². The van der Waals surface area contributed by atoms with E-state index in [2.05, 4.69) is 5.10 Å². The molecule has 0 amide bonds. The molecule has 160 valence electrons. The summed E-state index contributed by atoms with van der Waals surface area (Å²) in [6.45, 7) is 0. The number of nitro groups is 1. The number of nitrogens with zero attached hydrogens (tertiary/aromatic N) is 3. The van der Waals surface area contributed by atoms with Gasteiger partial charge in [0.2, 0.25) is 0 Å². The highest BCUT2D eigenvalue weighted by molar-refractivity contribution is 6.17. The highest BCUT2D eigenvalue weighted by atomic mass is 35.5. The SMILES string of the molecule is COC(=O)c1c(-c2cc([N+](=O)[O-])cc(CCl)c2O)nn(-c2ccccc2)c1C(=O)OC. The van der Waals surface area contributed by atoms with Crippen molar-refractivity contribution in [3.05, 3.63) is 69.4 Å². The number of phenols is 1. The summed E-state index contributed by atoms with van der Waals surface area (Å²) in [6.07, 6.45) is 0. The number of phenolic OH excluding ortho intramolecular Hbond substituents is 1. The van der Waals surface area contributed by atoms with E-state index in [1.807, 2.05) is 0 Å². The Labute approximate surface area is 180 Å². The fourth-order valence-corrected chi connectivity index (χ4v) is 3.21. The van der Waals surface area contributed by atoms with Crippen molar-refractivity contribution in [2.45, 2.75) is 5.88 Å². The number of benzene rings is 2. The van der Waals surface area contributed by atoms with E-state index in [4.69, 9.17) is 21.1 Å². The third-order valence-electron chi connectivity index (χ3n) is 4.44. The van der Waals surface area contributed by atoms with Crippen molar-refractivity contribution in [1.82, 2.24) is 9.78 Å². The normalized spacial score (nSPS) is 10.5. The molecule has 3 rings (SSSR count). The van der Waals surface area contributed by atoms with E-state index in [0.717, 1.165) is 31.0 Å². The summed E-state index contributed by atoms with van der Waals surface area (Å²) in [5.41, 5.74) is -0.886. The lowest BCUT2D eigenvalue weighted by Gasteiger charge is -2.08. The zero-order chi connectivity index (χ0) is 22.7. The van der Waals surface area contributed by atoms with E-state index < -0.39 is 22.6 Å². The van der Waals surface area contributed by atoms with E-state index in [1.54, 1.807) is 30.3 Å². The number of hydrogen-bond donors (Lipinski definition) is 1. The van der Waals surface area contributed by atoms with Crippen LogP contribution in [-0.4, -0.2) is 46.0 Å². The molecule has 0 bridgehead atoms. The molecule has 0 saturated heterocycles. The van der Waals surface area contributed by atoms with E-state index in [1.165, 1.54) is 0 Å². The van der Waals surface area contributed by atoms with Crippen molar-refractivity contribution >= 4 is 29.2 Å². The number of carbonyl (C=O) groups is 2. The number of aromatic nitrogens is 2. The third kappa shape index (κ3) is 3.92. The Balaban J connectivity index is 2.45. The van der Waals surface area contributed by atoms with Crippen molar-refractivity contribution in [2.75, 3.05) is 14.2 Å². The monoisotopic (exact) mass is 445 g/mol. The molecular formula is C20H16ClN3O7. The third-order valence-corrected chi connectivity index (χ3v) is 4.73. The number of methoxy groups -OCH3 is 2. The van der Waals surface area contributed by atoms with Gasteiger partial charge in [0, 0.05) is 17.7 Å². The molecule has 2 aromatic carbocycles. The number of rotatable bonds is 6. The maximum Gasteiger partial charge on any atom is 0.357 e. The molecular weight excluding hydrogens is 430 g/mol. The molecule has 1 aromatic heterocycles. The van der Waals surface area contributed by atoms with Crippen LogP contribution in [0.5, 0.6) is 5.75 Å². The lowest BCUT2D eigenvalue weighted by Crippen LogP contribution is -2.15. The molecule has 0 aliphatic carbocycles. The van der Waals surface area contributed by atoms with Gasteiger partial charge in [0.05, 0.1) is 36.3 Å². The molecule has 10 nitrogen and oxygen atoms in total. The fraction of sp³-hybridized carbons (Fsp3) is 0.150. The van der Waals surface area contributed by atoms with Crippen LogP contribution in [-0.2, 0) is 15.4 Å². The van der Waals surface area contributed by atoms with Crippen molar-refractivity contribution in [1.29, 1.82) is 0 Å². The molecule has 0 aliphatic heterocycles. The fourth-order valence-electron chi connectivity index (χ4n) is 3.01. The summed E-state index contributed by atoms with van der Waals surface area (Å²) in [4.78, 5) is 35.9. The van der Waals surface area contributed by atoms with Gasteiger partial charge >= 0.3 is 11.9 Å². The van der Waals surface area contributed by atoms with Gasteiger partial charge in [0.15, 0.2) is 5.69 Å². The number of alkyl halides is 1. The highest BCUT2D eigenvalue weighted by Gasteiger charge is 2.33. The molecule has 1 heterocycles. The minimum absolute atomic E-state index is 0.0514. The van der Waals surface area contributed by atoms with E-state index in [0.29, 0.717) is 5.69 Å². The first kappa shape index (κ1) is 21.8. The topological polar surface area (TPSA) is 134 Å². The first-order chi connectivity index (χ1) is 14.8. The molecule has 0 fully saturated rings. The Morgan fingerprint density at radius 3 is 2.35 bits per heavy atom. The minimum atomic E-state index is -0.948. The number of ether oxygens (including phenoxy) is 2. The van der Waals surface area contributed by atoms with Crippen molar-refractivity contribution in [2.24, 2.45) is 0 Å². The molecule has 0 spiro atoms. The Morgan fingerprint density at radius 1 is 1.16 bits per heavy atom. The summed E-state index contributed by atoms with van der Waals surface area (Å²) < 4.78 is 10.8. The van der Waals surface area contributed by atoms with Crippen LogP contribution >= 0.6 is 11.6 Å². The summed E-state index contributed by atoms with van der Waals surface area (Å²) in [5, 5.41) is 26.4. The van der Waals surface area contributed by atoms with Crippen LogP contribution < -0.4 is 0 Å². The average molecular weight is 446 g/mol. The number of aromatic hydroxyl groups is 1. The van der Waals surface area contributed by atoms with E-state index in [-0.39, 0.29) is 39.6 Å². The van der Waals surface area contributed by atoms with Gasteiger partial charge in [-0.15, -0.1) is 11.6 Å². The summed E-state index contributed by atoms with van der Waals surface area (Å²) in [7, 11) is 2.23. The number of halogens is 1. The molecule has 0 atom stereocenters. The number of esters is 2. The second-order valence-corrected chi connectivity index (χ2v) is 6.46. The smallest absolute Gasteiger partial charge is 0.357 e. The van der Waals surface area contributed by atoms with E-state index >= 15 is 0 Å². The molecule has 0 radical (unpaired) electrons. The first-order valence-corrected chi connectivity index (χ1v) is 9.29. The number of non-ortho nitro benzene ring substituents is 1. The van der Waals surface area contributed by atoms with Gasteiger partial charge < -0.3 is 14.6 Å². The predicted octanol–water partition coefficient (Wildman–Crippen LogP) is 3.47. The number of para-hydroxylation sites is 1. The molecule has 1 N–H and O–H groups in total. The van der Waals surface area contributed by atoms with Crippen LogP contribution in [0.3, 0.4) is 0 Å². The van der Waals surface area contributed by atoms with E-state index in [9.17, 15) is 24.8 Å². The number of hydrogen-bond acceptors (Lipinski definition) is 8. The van der Waals surface area contributed by atoms with Gasteiger partial charge in [-0.25, -0.2) is 14.3 Å². The second kappa shape index (κ2) is 8.84. The Morgan fingerprint density at radius 2 is 1.81 bits per heavy atom. The van der Waals surface area contributed by atoms with Gasteiger partial charge in [-0.1, -0.05) is 18.2 Å². The Hall–Kier alpha value is -3.92. The summed E-state index contributed by atoms with van der Waals surface area (Å²) >= 11 is 5.83. The number of nitro benzene ring substituents is 1. The zero-order valence-corrected chi connectivity index (χ0v) is 17.1. The van der Waals surface area contributed by atoms with Crippen LogP contribution in [0, 0.1) is 10.1 Å². The zero-order valence-electron chi connectivity index (χ0n) is 16.4. The quantitative estimate of drug-likeness (QED) is 0.264. The van der Waals surface area contributed by atoms with Gasteiger partial charge in [-0.2, -0.15) is 5.10 Å². The molecule has 0 aliphatic rings. The Kier molecular flexibility index (Phi) is 6.21. The summed E-state index contributed by atoms with van der Waals surface area (Å²) in [5.74, 6) is -2.50. The standard InChI is InChI=1S/C20H16ClN3O7/c1-30-19(26)15-16(14-9-13(24(28)29)8-11(10-21)18(14)25)22-23(17(15)20(27)31-2)12-6-4-3-5-7-12/h3-9,25H,10H2,1-2H3. The largest absolute Gasteiger partial charge is 0.507 e. The molecule has 3 aromatic rings. The van der Waals surface area contributed by atoms with Crippen molar-refractivity contribution < 1.29 is 29.1 Å². The molecule has 11 heteroatoms. The van der Waals surface area contributed by atoms with Crippen molar-refractivity contribution in [3.63, 3.8) is 0 Å². The van der Waals surface area contributed by atoms with Crippen molar-refractivity contribution in [3.8, 4) is 22.7 Å². The van der Waals surface area contributed by atoms with Crippen LogP contribution in [0.15, 0.2) is 42.5 Å². The minimum Gasteiger partial charge on any atom is -0.507 e. The van der Waals surface area contributed by atoms with Crippen LogP contribution in [0.1, 0.15) is 26.4 Å². The van der Waals surface area contributed by atoms with Crippen LogP contribution in [0.4, 0.5) is 5.69 Å². The van der Waals surface area contributed by atoms with Gasteiger partial charge in [0.1, 0.15) is 17.0 Å². The maximum absolute atomic E-state index is 12.7. The lowest BCUT2D eigenvalue weighted by molar-refractivity contribution is -0.384. The summed E-state index contributed by atoms with van der Waals surface area (Å²) in [6, 6.07) is 10.5. The number of carbonyl (C=O) groups excluding carboxylic acids is 2. The van der Waals surface area contributed by atoms with Gasteiger partial charge in [0.25, 0.3) is 5.69 Å². The van der Waals surface area contributed by atoms with Gasteiger partial charge in [-0.05, 0) is 12.1 Å². The lowest BCUT2D eigenvalue weighted by atomic mass is 10.0. The molecule has 0 unspecified atom stereocenters. The maximum atomic E-state index is 12.7. The average Bonchev–Trinajstić information content (AvgIpc) is 3.19. The first-order valence-electron chi connectivity index (χ1n) is 8.75. The van der Waals surface area contributed by atoms with Gasteiger partial charge in [-0.3, -0.25) is 10.1 Å². The molecule has 31 heavy (non-hydrogen) atoms. The second-order valence-electron chi connectivity index (χ2n) is 6.19. The Bertz CT molecular complexity index is 1180. The highest BCUT2D eigenvalue weighted by Crippen LogP contribution is 2.39.